The minimum atomic E-state index is -0.298. The van der Waals surface area contributed by atoms with E-state index in [4.69, 9.17) is 14.4 Å². The zero-order valence-corrected chi connectivity index (χ0v) is 31.4. The fraction of sp³-hybridized carbons (Fsp3) is 0.0370. The predicted octanol–water partition coefficient (Wildman–Crippen LogP) is 14.0. The van der Waals surface area contributed by atoms with Crippen LogP contribution in [0.3, 0.4) is 0 Å². The Labute approximate surface area is 331 Å². The summed E-state index contributed by atoms with van der Waals surface area (Å²) in [5.41, 5.74) is 17.0. The van der Waals surface area contributed by atoms with Crippen molar-refractivity contribution in [2.45, 2.75) is 12.3 Å². The third-order valence-corrected chi connectivity index (χ3v) is 11.8. The monoisotopic (exact) mass is 728 g/mol. The van der Waals surface area contributed by atoms with Crippen molar-refractivity contribution in [2.75, 3.05) is 0 Å². The van der Waals surface area contributed by atoms with Crippen molar-refractivity contribution in [3.05, 3.63) is 217 Å². The average Bonchev–Trinajstić information content (AvgIpc) is 3.80. The van der Waals surface area contributed by atoms with Crippen molar-refractivity contribution >= 4 is 21.9 Å². The molecule has 268 valence electrons. The highest BCUT2D eigenvalue weighted by Crippen LogP contribution is 2.55. The number of aromatic nitrogens is 2. The lowest BCUT2D eigenvalue weighted by molar-refractivity contribution is 0.670. The first-order valence-electron chi connectivity index (χ1n) is 19.5. The van der Waals surface area contributed by atoms with Gasteiger partial charge >= 0.3 is 0 Å². The molecule has 8 aromatic carbocycles. The number of para-hydroxylation sites is 2. The van der Waals surface area contributed by atoms with Crippen LogP contribution in [0.1, 0.15) is 23.6 Å². The summed E-state index contributed by atoms with van der Waals surface area (Å²) in [4.78, 5) is 10.7. The highest BCUT2D eigenvalue weighted by Gasteiger charge is 2.41. The second-order valence-electron chi connectivity index (χ2n) is 15.0. The van der Waals surface area contributed by atoms with Crippen LogP contribution in [0.25, 0.3) is 89.2 Å². The number of furan rings is 1. The van der Waals surface area contributed by atoms with Gasteiger partial charge in [0.05, 0.1) is 11.4 Å². The van der Waals surface area contributed by atoms with E-state index in [1.54, 1.807) is 0 Å². The zero-order chi connectivity index (χ0) is 37.9. The quantitative estimate of drug-likeness (QED) is 0.171. The molecule has 1 unspecified atom stereocenters. The van der Waals surface area contributed by atoms with Crippen molar-refractivity contribution in [2.24, 2.45) is 0 Å². The molecule has 57 heavy (non-hydrogen) atoms. The molecule has 3 heteroatoms. The second kappa shape index (κ2) is 13.1. The van der Waals surface area contributed by atoms with Gasteiger partial charge in [0.1, 0.15) is 11.2 Å². The smallest absolute Gasteiger partial charge is 0.160 e. The number of benzene rings is 8. The third kappa shape index (κ3) is 5.20. The van der Waals surface area contributed by atoms with Gasteiger partial charge in [0.2, 0.25) is 0 Å². The van der Waals surface area contributed by atoms with Crippen LogP contribution in [0.2, 0.25) is 0 Å². The van der Waals surface area contributed by atoms with Gasteiger partial charge in [-0.2, -0.15) is 0 Å². The van der Waals surface area contributed by atoms with E-state index < -0.39 is 0 Å². The van der Waals surface area contributed by atoms with Crippen molar-refractivity contribution in [3.63, 3.8) is 0 Å². The first kappa shape index (κ1) is 33.0. The average molecular weight is 729 g/mol. The Hall–Kier alpha value is -7.36. The number of fused-ring (bicyclic) bond motifs is 6. The minimum Gasteiger partial charge on any atom is -0.455 e. The summed E-state index contributed by atoms with van der Waals surface area (Å²) in [5, 5.41) is 2.21. The molecule has 1 atom stereocenters. The van der Waals surface area contributed by atoms with Crippen molar-refractivity contribution in [1.29, 1.82) is 0 Å². The number of rotatable bonds is 6. The highest BCUT2D eigenvalue weighted by molar-refractivity contribution is 6.10. The van der Waals surface area contributed by atoms with Crippen LogP contribution in [0, 0.1) is 0 Å². The fourth-order valence-electron chi connectivity index (χ4n) is 9.13. The summed E-state index contributed by atoms with van der Waals surface area (Å²) in [7, 11) is 0. The molecule has 2 heterocycles. The van der Waals surface area contributed by atoms with E-state index in [-0.39, 0.29) is 5.41 Å². The van der Waals surface area contributed by atoms with Gasteiger partial charge < -0.3 is 4.42 Å². The third-order valence-electron chi connectivity index (χ3n) is 11.8. The van der Waals surface area contributed by atoms with Crippen LogP contribution in [-0.4, -0.2) is 9.97 Å². The molecule has 0 spiro atoms. The molecule has 0 fully saturated rings. The predicted molar refractivity (Wildman–Crippen MR) is 234 cm³/mol. The Morgan fingerprint density at radius 2 is 0.912 bits per heavy atom. The SMILES string of the molecule is CC1(c2ccccc2)c2ccccc2-c2c(-c3ccccc3-c3cc(-c4ccccc4-c4cccc5c4oc4ccccc45)nc(-c4ccccc4)n3)cccc21. The van der Waals surface area contributed by atoms with Crippen LogP contribution in [0.4, 0.5) is 0 Å². The molecule has 0 aliphatic heterocycles. The molecule has 0 saturated heterocycles. The van der Waals surface area contributed by atoms with Gasteiger partial charge in [0.25, 0.3) is 0 Å². The molecule has 0 saturated carbocycles. The Bertz CT molecular complexity index is 3140. The number of hydrogen-bond acceptors (Lipinski definition) is 3. The minimum absolute atomic E-state index is 0.298. The van der Waals surface area contributed by atoms with Crippen LogP contribution in [0.15, 0.2) is 205 Å². The molecule has 0 N–H and O–H groups in total. The van der Waals surface area contributed by atoms with E-state index in [0.717, 1.165) is 66.7 Å². The highest BCUT2D eigenvalue weighted by atomic mass is 16.3. The van der Waals surface area contributed by atoms with Gasteiger partial charge in [-0.1, -0.05) is 188 Å². The topological polar surface area (TPSA) is 38.9 Å². The summed E-state index contributed by atoms with van der Waals surface area (Å²) in [6.07, 6.45) is 0. The molecular formula is C54H36N2O. The summed E-state index contributed by atoms with van der Waals surface area (Å²) in [6.45, 7) is 2.37. The molecule has 1 aliphatic carbocycles. The second-order valence-corrected chi connectivity index (χ2v) is 15.0. The first-order chi connectivity index (χ1) is 28.2. The van der Waals surface area contributed by atoms with E-state index in [0.29, 0.717) is 5.82 Å². The number of nitrogens with zero attached hydrogens (tertiary/aromatic N) is 2. The lowest BCUT2D eigenvalue weighted by atomic mass is 9.74. The van der Waals surface area contributed by atoms with Crippen LogP contribution < -0.4 is 0 Å². The normalized spacial score (nSPS) is 14.5. The van der Waals surface area contributed by atoms with Gasteiger partial charge in [-0.3, -0.25) is 0 Å². The van der Waals surface area contributed by atoms with Crippen LogP contribution >= 0.6 is 0 Å². The molecule has 0 bridgehead atoms. The Morgan fingerprint density at radius 3 is 1.65 bits per heavy atom. The summed E-state index contributed by atoms with van der Waals surface area (Å²) >= 11 is 0. The van der Waals surface area contributed by atoms with Crippen molar-refractivity contribution < 1.29 is 4.42 Å². The molecule has 10 aromatic rings. The largest absolute Gasteiger partial charge is 0.455 e. The van der Waals surface area contributed by atoms with Gasteiger partial charge in [-0.25, -0.2) is 9.97 Å². The number of hydrogen-bond donors (Lipinski definition) is 0. The molecule has 2 aromatic heterocycles. The molecule has 0 amide bonds. The van der Waals surface area contributed by atoms with Crippen molar-refractivity contribution in [1.82, 2.24) is 9.97 Å². The van der Waals surface area contributed by atoms with Gasteiger partial charge in [-0.15, -0.1) is 0 Å². The van der Waals surface area contributed by atoms with Crippen LogP contribution in [-0.2, 0) is 5.41 Å². The Kier molecular flexibility index (Phi) is 7.61. The fourth-order valence-corrected chi connectivity index (χ4v) is 9.13. The molecule has 1 aliphatic rings. The van der Waals surface area contributed by atoms with Crippen LogP contribution in [0.5, 0.6) is 0 Å². The lowest BCUT2D eigenvalue weighted by Crippen LogP contribution is -2.22. The summed E-state index contributed by atoms with van der Waals surface area (Å²) in [5.74, 6) is 0.676. The maximum atomic E-state index is 6.55. The van der Waals surface area contributed by atoms with E-state index in [9.17, 15) is 0 Å². The Balaban J connectivity index is 1.13. The maximum absolute atomic E-state index is 6.55. The van der Waals surface area contributed by atoms with E-state index in [1.165, 1.54) is 33.4 Å². The summed E-state index contributed by atoms with van der Waals surface area (Å²) in [6, 6.07) is 70.9. The molecule has 0 radical (unpaired) electrons. The Morgan fingerprint density at radius 1 is 0.404 bits per heavy atom. The van der Waals surface area contributed by atoms with E-state index in [1.807, 2.05) is 30.3 Å². The van der Waals surface area contributed by atoms with E-state index in [2.05, 4.69) is 177 Å². The molecule has 11 rings (SSSR count). The maximum Gasteiger partial charge on any atom is 0.160 e. The lowest BCUT2D eigenvalue weighted by Gasteiger charge is -2.28. The van der Waals surface area contributed by atoms with E-state index >= 15 is 0 Å². The molecule has 3 nitrogen and oxygen atoms in total. The zero-order valence-electron chi connectivity index (χ0n) is 31.4. The molecular weight excluding hydrogens is 693 g/mol. The van der Waals surface area contributed by atoms with Gasteiger partial charge in [-0.05, 0) is 63.6 Å². The van der Waals surface area contributed by atoms with Crippen molar-refractivity contribution in [3.8, 4) is 67.3 Å². The standard InChI is InChI=1S/C54H36N2O/c1-54(36-20-6-3-7-21-36)46-31-14-12-27-45(46)51-42(28-17-32-47(51)54)37-22-8-10-24-39(37)48-34-49(56-53(55-48)35-18-4-2-5-19-35)40-25-11-9-23-38(40)43-29-16-30-44-41-26-13-15-33-50(41)57-52(43)44/h2-34H,1H3. The summed E-state index contributed by atoms with van der Waals surface area (Å²) < 4.78 is 6.55. The van der Waals surface area contributed by atoms with Gasteiger partial charge in [0, 0.05) is 38.4 Å². The first-order valence-corrected chi connectivity index (χ1v) is 19.5. The van der Waals surface area contributed by atoms with Gasteiger partial charge in [0.15, 0.2) is 5.82 Å².